The quantitative estimate of drug-likeness (QED) is 0.587. The van der Waals surface area contributed by atoms with Crippen LogP contribution in [0.1, 0.15) is 27.2 Å². The van der Waals surface area contributed by atoms with Gasteiger partial charge in [0.25, 0.3) is 0 Å². The molecule has 0 aliphatic rings. The van der Waals surface area contributed by atoms with Crippen LogP contribution < -0.4 is 11.1 Å². The van der Waals surface area contributed by atoms with E-state index >= 15 is 0 Å². The zero-order valence-electron chi connectivity index (χ0n) is 11.2. The Bertz CT molecular complexity index is 274. The molecule has 0 spiro atoms. The number of rotatable bonds is 6. The number of hydrogen-bond donors (Lipinski definition) is 3. The maximum absolute atomic E-state index is 11.7. The summed E-state index contributed by atoms with van der Waals surface area (Å²) in [6.45, 7) is 5.17. The van der Waals surface area contributed by atoms with Gasteiger partial charge in [-0.2, -0.15) is 0 Å². The third kappa shape index (κ3) is 5.66. The molecule has 0 aliphatic carbocycles. The number of methoxy groups -OCH3 is 1. The minimum atomic E-state index is -1.08. The number of esters is 1. The van der Waals surface area contributed by atoms with Crippen LogP contribution in [0, 0.1) is 5.92 Å². The van der Waals surface area contributed by atoms with Gasteiger partial charge < -0.3 is 20.9 Å². The van der Waals surface area contributed by atoms with Gasteiger partial charge in [0.1, 0.15) is 0 Å². The number of ether oxygens (including phenoxy) is 1. The lowest BCUT2D eigenvalue weighted by atomic mass is 9.99. The van der Waals surface area contributed by atoms with Gasteiger partial charge in [-0.15, -0.1) is 12.4 Å². The number of amides is 1. The SMILES string of the molecule is CC[C@H](C)[C@H](N)C(=O)N[C@H](C(=O)OC)[C@H](C)O.Cl. The third-order valence-corrected chi connectivity index (χ3v) is 2.80. The van der Waals surface area contributed by atoms with Crippen molar-refractivity contribution in [3.63, 3.8) is 0 Å². The summed E-state index contributed by atoms with van der Waals surface area (Å²) in [6, 6.07) is -1.78. The van der Waals surface area contributed by atoms with Crippen molar-refractivity contribution in [3.8, 4) is 0 Å². The smallest absolute Gasteiger partial charge is 0.331 e. The summed E-state index contributed by atoms with van der Waals surface area (Å²) in [6.07, 6.45) is -0.276. The summed E-state index contributed by atoms with van der Waals surface area (Å²) in [5.74, 6) is -1.15. The van der Waals surface area contributed by atoms with E-state index in [-0.39, 0.29) is 18.3 Å². The lowest BCUT2D eigenvalue weighted by Gasteiger charge is -2.23. The summed E-state index contributed by atoms with van der Waals surface area (Å²) in [7, 11) is 1.19. The van der Waals surface area contributed by atoms with E-state index in [1.807, 2.05) is 13.8 Å². The molecule has 0 rings (SSSR count). The van der Waals surface area contributed by atoms with Crippen LogP contribution in [0.5, 0.6) is 0 Å². The van der Waals surface area contributed by atoms with Crippen LogP contribution in [0.15, 0.2) is 0 Å². The second-order valence-electron chi connectivity index (χ2n) is 4.16. The van der Waals surface area contributed by atoms with E-state index in [1.54, 1.807) is 0 Å². The first-order chi connectivity index (χ1) is 7.84. The van der Waals surface area contributed by atoms with E-state index in [2.05, 4.69) is 10.1 Å². The van der Waals surface area contributed by atoms with Gasteiger partial charge in [0, 0.05) is 0 Å². The molecule has 0 aliphatic heterocycles. The molecule has 108 valence electrons. The van der Waals surface area contributed by atoms with E-state index < -0.39 is 30.1 Å². The molecule has 0 aromatic heterocycles. The monoisotopic (exact) mass is 282 g/mol. The molecule has 0 aromatic rings. The number of carbonyl (C=O) groups excluding carboxylic acids is 2. The highest BCUT2D eigenvalue weighted by Gasteiger charge is 2.29. The molecule has 4 atom stereocenters. The standard InChI is InChI=1S/C11H22N2O4.ClH/c1-5-6(2)8(12)10(15)13-9(7(3)14)11(16)17-4;/h6-9,14H,5,12H2,1-4H3,(H,13,15);1H/t6-,7-,8-,9-;/m0./s1. The van der Waals surface area contributed by atoms with Gasteiger partial charge in [-0.25, -0.2) is 4.79 Å². The fourth-order valence-corrected chi connectivity index (χ4v) is 1.27. The second kappa shape index (κ2) is 9.13. The van der Waals surface area contributed by atoms with Crippen LogP contribution in [-0.4, -0.2) is 42.3 Å². The highest BCUT2D eigenvalue weighted by atomic mass is 35.5. The molecule has 6 nitrogen and oxygen atoms in total. The molecule has 0 heterocycles. The van der Waals surface area contributed by atoms with Crippen LogP contribution in [0.3, 0.4) is 0 Å². The molecule has 0 radical (unpaired) electrons. The Balaban J connectivity index is 0. The van der Waals surface area contributed by atoms with E-state index in [9.17, 15) is 14.7 Å². The number of aliphatic hydroxyl groups is 1. The van der Waals surface area contributed by atoms with Crippen LogP contribution >= 0.6 is 12.4 Å². The Hall–Kier alpha value is -0.850. The molecule has 7 heteroatoms. The van der Waals surface area contributed by atoms with Crippen molar-refractivity contribution in [2.75, 3.05) is 7.11 Å². The van der Waals surface area contributed by atoms with E-state index in [1.165, 1.54) is 14.0 Å². The fraction of sp³-hybridized carbons (Fsp3) is 0.818. The van der Waals surface area contributed by atoms with Crippen LogP contribution in [0.2, 0.25) is 0 Å². The van der Waals surface area contributed by atoms with Crippen LogP contribution in [0.25, 0.3) is 0 Å². The van der Waals surface area contributed by atoms with E-state index in [0.29, 0.717) is 0 Å². The number of carbonyl (C=O) groups is 2. The summed E-state index contributed by atoms with van der Waals surface area (Å²) < 4.78 is 4.49. The topological polar surface area (TPSA) is 102 Å². The number of hydrogen-bond acceptors (Lipinski definition) is 5. The summed E-state index contributed by atoms with van der Waals surface area (Å²) in [4.78, 5) is 23.0. The minimum absolute atomic E-state index is 0. The Kier molecular flexibility index (Phi) is 9.88. The summed E-state index contributed by atoms with van der Waals surface area (Å²) >= 11 is 0. The van der Waals surface area contributed by atoms with Crippen molar-refractivity contribution in [2.45, 2.75) is 45.4 Å². The molecular weight excluding hydrogens is 260 g/mol. The number of aliphatic hydroxyl groups excluding tert-OH is 1. The zero-order valence-corrected chi connectivity index (χ0v) is 12.0. The van der Waals surface area contributed by atoms with E-state index in [4.69, 9.17) is 5.73 Å². The predicted octanol–water partition coefficient (Wildman–Crippen LogP) is -0.180. The highest BCUT2D eigenvalue weighted by molar-refractivity contribution is 5.87. The average Bonchev–Trinajstić information content (AvgIpc) is 2.32. The van der Waals surface area contributed by atoms with Crippen LogP contribution in [-0.2, 0) is 14.3 Å². The summed E-state index contributed by atoms with van der Waals surface area (Å²) in [5.41, 5.74) is 5.72. The first-order valence-electron chi connectivity index (χ1n) is 5.66. The average molecular weight is 283 g/mol. The van der Waals surface area contributed by atoms with Crippen molar-refractivity contribution in [3.05, 3.63) is 0 Å². The maximum Gasteiger partial charge on any atom is 0.331 e. The molecule has 0 fully saturated rings. The second-order valence-corrected chi connectivity index (χ2v) is 4.16. The lowest BCUT2D eigenvalue weighted by molar-refractivity contribution is -0.148. The Labute approximate surface area is 114 Å². The molecule has 0 saturated carbocycles. The summed E-state index contributed by atoms with van der Waals surface area (Å²) in [5, 5.41) is 11.8. The van der Waals surface area contributed by atoms with Crippen LogP contribution in [0.4, 0.5) is 0 Å². The van der Waals surface area contributed by atoms with Crippen molar-refractivity contribution < 1.29 is 19.4 Å². The van der Waals surface area contributed by atoms with Gasteiger partial charge in [0.2, 0.25) is 5.91 Å². The van der Waals surface area contributed by atoms with Gasteiger partial charge in [0.15, 0.2) is 6.04 Å². The lowest BCUT2D eigenvalue weighted by Crippen LogP contribution is -2.54. The number of nitrogens with one attached hydrogen (secondary N) is 1. The van der Waals surface area contributed by atoms with Gasteiger partial charge in [0.05, 0.1) is 19.3 Å². The molecular formula is C11H23ClN2O4. The zero-order chi connectivity index (χ0) is 13.6. The first kappa shape index (κ1) is 19.5. The van der Waals surface area contributed by atoms with Gasteiger partial charge in [-0.3, -0.25) is 4.79 Å². The minimum Gasteiger partial charge on any atom is -0.467 e. The molecule has 1 amide bonds. The molecule has 18 heavy (non-hydrogen) atoms. The van der Waals surface area contributed by atoms with Crippen molar-refractivity contribution in [2.24, 2.45) is 11.7 Å². The third-order valence-electron chi connectivity index (χ3n) is 2.80. The molecule has 0 bridgehead atoms. The highest BCUT2D eigenvalue weighted by Crippen LogP contribution is 2.06. The van der Waals surface area contributed by atoms with Gasteiger partial charge >= 0.3 is 5.97 Å². The van der Waals surface area contributed by atoms with E-state index in [0.717, 1.165) is 6.42 Å². The van der Waals surface area contributed by atoms with Crippen molar-refractivity contribution in [1.82, 2.24) is 5.32 Å². The largest absolute Gasteiger partial charge is 0.467 e. The van der Waals surface area contributed by atoms with Gasteiger partial charge in [-0.05, 0) is 12.8 Å². The molecule has 0 aromatic carbocycles. The van der Waals surface area contributed by atoms with Crippen molar-refractivity contribution in [1.29, 1.82) is 0 Å². The molecule has 0 saturated heterocycles. The number of nitrogens with two attached hydrogens (primary N) is 1. The maximum atomic E-state index is 11.7. The van der Waals surface area contributed by atoms with Crippen molar-refractivity contribution >= 4 is 24.3 Å². The first-order valence-corrected chi connectivity index (χ1v) is 5.66. The number of halogens is 1. The Morgan fingerprint density at radius 1 is 1.39 bits per heavy atom. The molecule has 4 N–H and O–H groups in total. The van der Waals surface area contributed by atoms with Gasteiger partial charge in [-0.1, -0.05) is 20.3 Å². The predicted molar refractivity (Wildman–Crippen MR) is 70.3 cm³/mol. The molecule has 0 unspecified atom stereocenters. The Morgan fingerprint density at radius 2 is 1.89 bits per heavy atom. The fourth-order valence-electron chi connectivity index (χ4n) is 1.27. The normalized spacial score (nSPS) is 16.8. The Morgan fingerprint density at radius 3 is 2.22 bits per heavy atom.